The van der Waals surface area contributed by atoms with E-state index in [1.54, 1.807) is 6.07 Å². The van der Waals surface area contributed by atoms with E-state index < -0.39 is 0 Å². The van der Waals surface area contributed by atoms with Crippen molar-refractivity contribution in [1.82, 2.24) is 40.6 Å². The molecule has 0 bridgehead atoms. The largest absolute Gasteiger partial charge is 0.349 e. The Morgan fingerprint density at radius 1 is 1.40 bits per heavy atom. The molecule has 0 radical (unpaired) electrons. The third kappa shape index (κ3) is 2.82. The van der Waals surface area contributed by atoms with Crippen LogP contribution in [-0.4, -0.2) is 67.4 Å². The Bertz CT molecular complexity index is 557. The molecule has 0 unspecified atom stereocenters. The summed E-state index contributed by atoms with van der Waals surface area (Å²) in [4.78, 5) is 14.3. The third-order valence-corrected chi connectivity index (χ3v) is 3.30. The first kappa shape index (κ1) is 12.7. The van der Waals surface area contributed by atoms with E-state index in [9.17, 15) is 4.79 Å². The Balaban J connectivity index is 1.52. The van der Waals surface area contributed by atoms with Crippen LogP contribution in [0.15, 0.2) is 12.4 Å². The van der Waals surface area contributed by atoms with Gasteiger partial charge in [-0.1, -0.05) is 0 Å². The van der Waals surface area contributed by atoms with Gasteiger partial charge in [0.2, 0.25) is 0 Å². The molecular weight excluding hydrogens is 260 g/mol. The standard InChI is InChI=1S/C11H16N8O/c20-11(12-3-6-18-4-1-2-5-18)9-7-10(15-14-9)19-8-13-16-17-19/h7-8H,1-6H2,(H,12,20)(H,14,15). The van der Waals surface area contributed by atoms with Gasteiger partial charge in [0.1, 0.15) is 12.0 Å². The van der Waals surface area contributed by atoms with Gasteiger partial charge < -0.3 is 10.2 Å². The maximum absolute atomic E-state index is 11.9. The van der Waals surface area contributed by atoms with Crippen LogP contribution in [0.1, 0.15) is 23.3 Å². The van der Waals surface area contributed by atoms with Gasteiger partial charge in [-0.3, -0.25) is 9.89 Å². The fourth-order valence-electron chi connectivity index (χ4n) is 2.24. The zero-order valence-electron chi connectivity index (χ0n) is 11.0. The number of aromatic amines is 1. The summed E-state index contributed by atoms with van der Waals surface area (Å²) in [6.45, 7) is 3.78. The first-order valence-electron chi connectivity index (χ1n) is 6.62. The number of likely N-dealkylation sites (tertiary alicyclic amines) is 1. The lowest BCUT2D eigenvalue weighted by Gasteiger charge is -2.14. The number of carbonyl (C=O) groups is 1. The Kier molecular flexibility index (Phi) is 3.68. The molecule has 9 heteroatoms. The normalized spacial score (nSPS) is 15.6. The van der Waals surface area contributed by atoms with Crippen molar-refractivity contribution in [3.05, 3.63) is 18.1 Å². The summed E-state index contributed by atoms with van der Waals surface area (Å²) in [6.07, 6.45) is 3.93. The van der Waals surface area contributed by atoms with Crippen LogP contribution >= 0.6 is 0 Å². The van der Waals surface area contributed by atoms with Crippen LogP contribution in [-0.2, 0) is 0 Å². The van der Waals surface area contributed by atoms with Crippen molar-refractivity contribution in [2.75, 3.05) is 26.2 Å². The molecule has 20 heavy (non-hydrogen) atoms. The molecule has 1 amide bonds. The van der Waals surface area contributed by atoms with E-state index in [4.69, 9.17) is 0 Å². The van der Waals surface area contributed by atoms with E-state index in [0.717, 1.165) is 19.6 Å². The molecule has 2 N–H and O–H groups in total. The fourth-order valence-corrected chi connectivity index (χ4v) is 2.24. The van der Waals surface area contributed by atoms with Gasteiger partial charge in [0.25, 0.3) is 5.91 Å². The quantitative estimate of drug-likeness (QED) is 0.741. The maximum atomic E-state index is 11.9. The molecule has 1 saturated heterocycles. The highest BCUT2D eigenvalue weighted by atomic mass is 16.1. The number of nitrogens with zero attached hydrogens (tertiary/aromatic N) is 6. The predicted octanol–water partition coefficient (Wildman–Crippen LogP) is -0.789. The molecule has 2 aromatic rings. The first-order chi connectivity index (χ1) is 9.83. The van der Waals surface area contributed by atoms with E-state index in [0.29, 0.717) is 18.1 Å². The van der Waals surface area contributed by atoms with E-state index in [2.05, 4.69) is 35.9 Å². The molecule has 0 atom stereocenters. The number of hydrogen-bond donors (Lipinski definition) is 2. The average Bonchev–Trinajstić information content (AvgIpc) is 3.20. The lowest BCUT2D eigenvalue weighted by Crippen LogP contribution is -2.33. The summed E-state index contributed by atoms with van der Waals surface area (Å²) in [6, 6.07) is 1.61. The van der Waals surface area contributed by atoms with Gasteiger partial charge in [-0.15, -0.1) is 5.10 Å². The van der Waals surface area contributed by atoms with Gasteiger partial charge in [-0.2, -0.15) is 9.78 Å². The number of amides is 1. The second kappa shape index (κ2) is 5.78. The molecule has 0 spiro atoms. The van der Waals surface area contributed by atoms with Gasteiger partial charge in [0.15, 0.2) is 5.82 Å². The minimum atomic E-state index is -0.170. The number of nitrogens with one attached hydrogen (secondary N) is 2. The molecular formula is C11H16N8O. The second-order valence-electron chi connectivity index (χ2n) is 4.70. The zero-order chi connectivity index (χ0) is 13.8. The highest BCUT2D eigenvalue weighted by Gasteiger charge is 2.13. The number of H-pyrrole nitrogens is 1. The van der Waals surface area contributed by atoms with Crippen LogP contribution in [0.4, 0.5) is 0 Å². The van der Waals surface area contributed by atoms with Gasteiger partial charge in [-0.05, 0) is 36.4 Å². The fraction of sp³-hybridized carbons (Fsp3) is 0.545. The van der Waals surface area contributed by atoms with Crippen LogP contribution in [0.3, 0.4) is 0 Å². The van der Waals surface area contributed by atoms with Crippen molar-refractivity contribution < 1.29 is 4.79 Å². The molecule has 2 aromatic heterocycles. The van der Waals surface area contributed by atoms with Crippen molar-refractivity contribution in [1.29, 1.82) is 0 Å². The predicted molar refractivity (Wildman–Crippen MR) is 69.3 cm³/mol. The molecule has 3 heterocycles. The summed E-state index contributed by atoms with van der Waals surface area (Å²) >= 11 is 0. The monoisotopic (exact) mass is 276 g/mol. The molecule has 0 aliphatic carbocycles. The summed E-state index contributed by atoms with van der Waals surface area (Å²) in [5.74, 6) is 0.315. The minimum Gasteiger partial charge on any atom is -0.349 e. The minimum absolute atomic E-state index is 0.170. The van der Waals surface area contributed by atoms with Gasteiger partial charge in [-0.25, -0.2) is 0 Å². The highest BCUT2D eigenvalue weighted by Crippen LogP contribution is 2.06. The molecule has 9 nitrogen and oxygen atoms in total. The number of rotatable bonds is 5. The van der Waals surface area contributed by atoms with Crippen LogP contribution in [0.2, 0.25) is 0 Å². The van der Waals surface area contributed by atoms with Crippen LogP contribution < -0.4 is 5.32 Å². The summed E-state index contributed by atoms with van der Waals surface area (Å²) < 4.78 is 1.39. The van der Waals surface area contributed by atoms with Crippen molar-refractivity contribution in [2.24, 2.45) is 0 Å². The average molecular weight is 276 g/mol. The zero-order valence-corrected chi connectivity index (χ0v) is 11.0. The van der Waals surface area contributed by atoms with Gasteiger partial charge in [0, 0.05) is 19.2 Å². The summed E-state index contributed by atoms with van der Waals surface area (Å²) in [5, 5.41) is 20.3. The van der Waals surface area contributed by atoms with E-state index in [-0.39, 0.29) is 5.91 Å². The molecule has 106 valence electrons. The Labute approximate surface area is 115 Å². The Morgan fingerprint density at radius 2 is 2.25 bits per heavy atom. The summed E-state index contributed by atoms with van der Waals surface area (Å²) in [7, 11) is 0. The van der Waals surface area contributed by atoms with Crippen LogP contribution in [0.5, 0.6) is 0 Å². The maximum Gasteiger partial charge on any atom is 0.269 e. The van der Waals surface area contributed by atoms with E-state index in [1.165, 1.54) is 23.9 Å². The first-order valence-corrected chi connectivity index (χ1v) is 6.62. The van der Waals surface area contributed by atoms with Gasteiger partial charge >= 0.3 is 0 Å². The number of aromatic nitrogens is 6. The molecule has 1 aliphatic rings. The molecule has 0 aromatic carbocycles. The molecule has 3 rings (SSSR count). The van der Waals surface area contributed by atoms with Crippen LogP contribution in [0.25, 0.3) is 5.82 Å². The summed E-state index contributed by atoms with van der Waals surface area (Å²) in [5.41, 5.74) is 0.400. The van der Waals surface area contributed by atoms with Crippen molar-refractivity contribution in [2.45, 2.75) is 12.8 Å². The topological polar surface area (TPSA) is 105 Å². The third-order valence-electron chi connectivity index (χ3n) is 3.30. The number of tetrazole rings is 1. The lowest BCUT2D eigenvalue weighted by molar-refractivity contribution is 0.0944. The van der Waals surface area contributed by atoms with Gasteiger partial charge in [0.05, 0.1) is 0 Å². The smallest absolute Gasteiger partial charge is 0.269 e. The Hall–Kier alpha value is -2.29. The number of carbonyl (C=O) groups excluding carboxylic acids is 1. The van der Waals surface area contributed by atoms with E-state index >= 15 is 0 Å². The van der Waals surface area contributed by atoms with Crippen molar-refractivity contribution >= 4 is 5.91 Å². The van der Waals surface area contributed by atoms with Crippen molar-refractivity contribution in [3.63, 3.8) is 0 Å². The molecule has 1 aliphatic heterocycles. The van der Waals surface area contributed by atoms with E-state index in [1.807, 2.05) is 0 Å². The SMILES string of the molecule is O=C(NCCN1CCCC1)c1cc(-n2cnnn2)n[nH]1. The highest BCUT2D eigenvalue weighted by molar-refractivity contribution is 5.92. The molecule has 1 fully saturated rings. The second-order valence-corrected chi connectivity index (χ2v) is 4.70. The Morgan fingerprint density at radius 3 is 3.00 bits per heavy atom. The number of hydrogen-bond acceptors (Lipinski definition) is 6. The van der Waals surface area contributed by atoms with Crippen molar-refractivity contribution in [3.8, 4) is 5.82 Å². The lowest BCUT2D eigenvalue weighted by atomic mass is 10.4. The molecule has 0 saturated carbocycles. The van der Waals surface area contributed by atoms with Crippen LogP contribution in [0, 0.1) is 0 Å².